The smallest absolute Gasteiger partial charge is 0.227 e. The zero-order chi connectivity index (χ0) is 15.1. The van der Waals surface area contributed by atoms with Crippen LogP contribution in [0.2, 0.25) is 0 Å². The highest BCUT2D eigenvalue weighted by Crippen LogP contribution is 2.27. The summed E-state index contributed by atoms with van der Waals surface area (Å²) in [5, 5.41) is 3.41. The van der Waals surface area contributed by atoms with Crippen molar-refractivity contribution in [1.82, 2.24) is 0 Å². The zero-order valence-electron chi connectivity index (χ0n) is 11.8. The lowest BCUT2D eigenvalue weighted by molar-refractivity contribution is -0.115. The molecule has 2 rings (SSSR count). The van der Waals surface area contributed by atoms with Gasteiger partial charge in [0.05, 0.1) is 5.75 Å². The second-order valence-electron chi connectivity index (χ2n) is 4.45. The van der Waals surface area contributed by atoms with E-state index in [2.05, 4.69) is 35.8 Å². The first kappa shape index (κ1) is 15.8. The lowest BCUT2D eigenvalue weighted by Gasteiger charge is -2.11. The Balaban J connectivity index is 2.00. The van der Waals surface area contributed by atoms with Crippen LogP contribution in [0, 0.1) is 0 Å². The number of rotatable bonds is 7. The van der Waals surface area contributed by atoms with E-state index < -0.39 is 0 Å². The van der Waals surface area contributed by atoms with Gasteiger partial charge < -0.3 is 11.1 Å². The van der Waals surface area contributed by atoms with Crippen molar-refractivity contribution in [2.24, 2.45) is 5.73 Å². The summed E-state index contributed by atoms with van der Waals surface area (Å²) in [7, 11) is 0. The molecule has 0 saturated carbocycles. The molecule has 0 fully saturated rings. The molecule has 0 heterocycles. The highest BCUT2D eigenvalue weighted by Gasteiger charge is 2.04. The number of hydrogen-bond donors (Lipinski definition) is 2. The number of benzene rings is 2. The van der Waals surface area contributed by atoms with E-state index in [1.807, 2.05) is 24.3 Å². The number of carbonyl (C=O) groups excluding carboxylic acids is 1. The topological polar surface area (TPSA) is 55.1 Å². The van der Waals surface area contributed by atoms with Gasteiger partial charge in [-0.1, -0.05) is 24.3 Å². The molecule has 0 aliphatic carbocycles. The average molecular weight is 318 g/mol. The number of thioether (sulfide) groups is 2. The Morgan fingerprint density at radius 3 is 2.52 bits per heavy atom. The first-order chi connectivity index (χ1) is 10.2. The van der Waals surface area contributed by atoms with Crippen molar-refractivity contribution >= 4 is 35.1 Å². The van der Waals surface area contributed by atoms with Gasteiger partial charge in [0, 0.05) is 22.0 Å². The van der Waals surface area contributed by atoms with Gasteiger partial charge in [-0.05, 0) is 36.1 Å². The van der Waals surface area contributed by atoms with Crippen LogP contribution in [0.4, 0.5) is 5.69 Å². The van der Waals surface area contributed by atoms with Gasteiger partial charge in [0.2, 0.25) is 5.91 Å². The van der Waals surface area contributed by atoms with E-state index in [0.29, 0.717) is 5.75 Å². The molecule has 5 heteroatoms. The molecule has 2 aromatic rings. The van der Waals surface area contributed by atoms with E-state index in [-0.39, 0.29) is 5.91 Å². The fourth-order valence-corrected chi connectivity index (χ4v) is 3.00. The standard InChI is InChI=1S/C16H18N2OS2/c1-20-13-8-6-12(7-9-13)10-18-14-4-2-3-5-15(14)21-11-16(17)19/h2-9,18H,10-11H2,1H3,(H2,17,19). The summed E-state index contributed by atoms with van der Waals surface area (Å²) in [4.78, 5) is 13.2. The van der Waals surface area contributed by atoms with Gasteiger partial charge in [0.15, 0.2) is 0 Å². The van der Waals surface area contributed by atoms with Crippen LogP contribution in [0.3, 0.4) is 0 Å². The number of para-hydroxylation sites is 1. The summed E-state index contributed by atoms with van der Waals surface area (Å²) < 4.78 is 0. The number of carbonyl (C=O) groups is 1. The van der Waals surface area contributed by atoms with E-state index in [1.165, 1.54) is 22.2 Å². The molecule has 0 radical (unpaired) electrons. The molecule has 110 valence electrons. The predicted octanol–water partition coefficient (Wildman–Crippen LogP) is 3.60. The van der Waals surface area contributed by atoms with Crippen molar-refractivity contribution in [2.75, 3.05) is 17.3 Å². The predicted molar refractivity (Wildman–Crippen MR) is 91.9 cm³/mol. The molecule has 0 aliphatic heterocycles. The lowest BCUT2D eigenvalue weighted by atomic mass is 10.2. The summed E-state index contributed by atoms with van der Waals surface area (Å²) >= 11 is 3.19. The molecule has 0 unspecified atom stereocenters. The van der Waals surface area contributed by atoms with E-state index in [0.717, 1.165) is 17.1 Å². The highest BCUT2D eigenvalue weighted by atomic mass is 32.2. The summed E-state index contributed by atoms with van der Waals surface area (Å²) in [6.45, 7) is 0.753. The maximum atomic E-state index is 10.9. The van der Waals surface area contributed by atoms with Crippen LogP contribution in [0.25, 0.3) is 0 Å². The van der Waals surface area contributed by atoms with Gasteiger partial charge in [0.1, 0.15) is 0 Å². The van der Waals surface area contributed by atoms with Crippen LogP contribution in [0.1, 0.15) is 5.56 Å². The van der Waals surface area contributed by atoms with Crippen molar-refractivity contribution in [3.8, 4) is 0 Å². The fraction of sp³-hybridized carbons (Fsp3) is 0.188. The average Bonchev–Trinajstić information content (AvgIpc) is 2.52. The maximum Gasteiger partial charge on any atom is 0.227 e. The Hall–Kier alpha value is -1.59. The largest absolute Gasteiger partial charge is 0.380 e. The van der Waals surface area contributed by atoms with Crippen LogP contribution < -0.4 is 11.1 Å². The monoisotopic (exact) mass is 318 g/mol. The van der Waals surface area contributed by atoms with Crippen molar-refractivity contribution < 1.29 is 4.79 Å². The fourth-order valence-electron chi connectivity index (χ4n) is 1.83. The van der Waals surface area contributed by atoms with Gasteiger partial charge in [-0.3, -0.25) is 4.79 Å². The third-order valence-electron chi connectivity index (χ3n) is 2.90. The number of nitrogens with one attached hydrogen (secondary N) is 1. The molecule has 0 aromatic heterocycles. The van der Waals surface area contributed by atoms with Gasteiger partial charge in [-0.2, -0.15) is 0 Å². The SMILES string of the molecule is CSc1ccc(CNc2ccccc2SCC(N)=O)cc1. The van der Waals surface area contributed by atoms with Crippen molar-refractivity contribution in [3.05, 3.63) is 54.1 Å². The van der Waals surface area contributed by atoms with E-state index in [9.17, 15) is 4.79 Å². The molecular formula is C16H18N2OS2. The van der Waals surface area contributed by atoms with Gasteiger partial charge in [-0.25, -0.2) is 0 Å². The summed E-state index contributed by atoms with van der Waals surface area (Å²) in [5.41, 5.74) is 7.45. The maximum absolute atomic E-state index is 10.9. The lowest BCUT2D eigenvalue weighted by Crippen LogP contribution is -2.13. The Bertz CT molecular complexity index is 599. The molecular weight excluding hydrogens is 300 g/mol. The second kappa shape index (κ2) is 8.00. The van der Waals surface area contributed by atoms with E-state index in [1.54, 1.807) is 11.8 Å². The Morgan fingerprint density at radius 2 is 1.86 bits per heavy atom. The number of primary amides is 1. The van der Waals surface area contributed by atoms with Crippen molar-refractivity contribution in [3.63, 3.8) is 0 Å². The minimum Gasteiger partial charge on any atom is -0.380 e. The minimum atomic E-state index is -0.303. The first-order valence-corrected chi connectivity index (χ1v) is 8.77. The number of hydrogen-bond acceptors (Lipinski definition) is 4. The van der Waals surface area contributed by atoms with Gasteiger partial charge >= 0.3 is 0 Å². The molecule has 2 aromatic carbocycles. The molecule has 0 aliphatic rings. The molecule has 21 heavy (non-hydrogen) atoms. The minimum absolute atomic E-state index is 0.293. The van der Waals surface area contributed by atoms with Crippen molar-refractivity contribution in [1.29, 1.82) is 0 Å². The molecule has 0 saturated heterocycles. The number of amides is 1. The zero-order valence-corrected chi connectivity index (χ0v) is 13.5. The third-order valence-corrected chi connectivity index (χ3v) is 4.74. The first-order valence-electron chi connectivity index (χ1n) is 6.56. The Morgan fingerprint density at radius 1 is 1.14 bits per heavy atom. The molecule has 0 bridgehead atoms. The summed E-state index contributed by atoms with van der Waals surface area (Å²) in [5.74, 6) is -0.0105. The number of anilines is 1. The van der Waals surface area contributed by atoms with Crippen LogP contribution in [-0.2, 0) is 11.3 Å². The second-order valence-corrected chi connectivity index (χ2v) is 6.35. The molecule has 3 N–H and O–H groups in total. The third kappa shape index (κ3) is 5.02. The highest BCUT2D eigenvalue weighted by molar-refractivity contribution is 8.00. The normalized spacial score (nSPS) is 10.3. The van der Waals surface area contributed by atoms with E-state index >= 15 is 0 Å². The Labute approximate surface area is 133 Å². The van der Waals surface area contributed by atoms with Crippen LogP contribution in [0.15, 0.2) is 58.3 Å². The Kier molecular flexibility index (Phi) is 6.02. The summed E-state index contributed by atoms with van der Waals surface area (Å²) in [6, 6.07) is 16.4. The molecule has 0 atom stereocenters. The quantitative estimate of drug-likeness (QED) is 0.766. The number of nitrogens with two attached hydrogens (primary N) is 1. The molecule has 0 spiro atoms. The van der Waals surface area contributed by atoms with Gasteiger partial charge in [-0.15, -0.1) is 23.5 Å². The molecule has 3 nitrogen and oxygen atoms in total. The van der Waals surface area contributed by atoms with Crippen LogP contribution in [-0.4, -0.2) is 17.9 Å². The van der Waals surface area contributed by atoms with Crippen LogP contribution in [0.5, 0.6) is 0 Å². The molecule has 1 amide bonds. The van der Waals surface area contributed by atoms with Crippen molar-refractivity contribution in [2.45, 2.75) is 16.3 Å². The van der Waals surface area contributed by atoms with Gasteiger partial charge in [0.25, 0.3) is 0 Å². The van der Waals surface area contributed by atoms with Crippen LogP contribution >= 0.6 is 23.5 Å². The van der Waals surface area contributed by atoms with E-state index in [4.69, 9.17) is 5.73 Å². The summed E-state index contributed by atoms with van der Waals surface area (Å²) in [6.07, 6.45) is 2.07.